The number of aromatic nitrogens is 2. The molecule has 0 spiro atoms. The highest BCUT2D eigenvalue weighted by Gasteiger charge is 2.04. The molecule has 0 radical (unpaired) electrons. The van der Waals surface area contributed by atoms with Crippen LogP contribution in [0, 0.1) is 6.92 Å². The third-order valence-corrected chi connectivity index (χ3v) is 2.24. The Kier molecular flexibility index (Phi) is 7.03. The molecule has 0 unspecified atom stereocenters. The van der Waals surface area contributed by atoms with Crippen molar-refractivity contribution in [3.8, 4) is 5.75 Å². The van der Waals surface area contributed by atoms with Crippen molar-refractivity contribution in [1.29, 1.82) is 0 Å². The van der Waals surface area contributed by atoms with Gasteiger partial charge in [-0.15, -0.1) is 0 Å². The minimum atomic E-state index is 0.878. The molecule has 3 heteroatoms. The molecule has 0 fully saturated rings. The van der Waals surface area contributed by atoms with Crippen LogP contribution in [0.25, 0.3) is 10.9 Å². The number of hydrogen-bond acceptors (Lipinski definition) is 2. The topological polar surface area (TPSA) is 27.1 Å². The normalized spacial score (nSPS) is 8.88. The van der Waals surface area contributed by atoms with E-state index in [1.165, 1.54) is 0 Å². The number of rotatable bonds is 1. The Hall–Kier alpha value is -1.51. The van der Waals surface area contributed by atoms with E-state index in [0.717, 1.165) is 22.3 Å². The standard InChI is InChI=1S/C10H12N2O.2C2H6/c1-7-9-6-8(13-3)4-5-10(9)12(2)11-7;2*1-2/h4-6H,1-3H3;2*1-2H3. The fourth-order valence-electron chi connectivity index (χ4n) is 1.55. The second-order valence-corrected chi connectivity index (χ2v) is 3.09. The molecule has 0 amide bonds. The third kappa shape index (κ3) is 3.48. The van der Waals surface area contributed by atoms with Gasteiger partial charge in [-0.3, -0.25) is 4.68 Å². The van der Waals surface area contributed by atoms with Crippen molar-refractivity contribution in [1.82, 2.24) is 9.78 Å². The number of hydrogen-bond donors (Lipinski definition) is 0. The van der Waals surface area contributed by atoms with E-state index in [2.05, 4.69) is 5.10 Å². The van der Waals surface area contributed by atoms with Gasteiger partial charge in [0.1, 0.15) is 5.75 Å². The molecule has 17 heavy (non-hydrogen) atoms. The number of aryl methyl sites for hydroxylation is 2. The van der Waals surface area contributed by atoms with E-state index in [9.17, 15) is 0 Å². The molecular weight excluding hydrogens is 212 g/mol. The lowest BCUT2D eigenvalue weighted by molar-refractivity contribution is 0.415. The molecule has 0 N–H and O–H groups in total. The van der Waals surface area contributed by atoms with Crippen LogP contribution in [0.15, 0.2) is 18.2 Å². The van der Waals surface area contributed by atoms with Gasteiger partial charge in [0.2, 0.25) is 0 Å². The fraction of sp³-hybridized carbons (Fsp3) is 0.500. The van der Waals surface area contributed by atoms with E-state index in [-0.39, 0.29) is 0 Å². The molecule has 2 rings (SSSR count). The number of nitrogens with zero attached hydrogens (tertiary/aromatic N) is 2. The fourth-order valence-corrected chi connectivity index (χ4v) is 1.55. The van der Waals surface area contributed by atoms with Gasteiger partial charge in [-0.1, -0.05) is 27.7 Å². The predicted octanol–water partition coefficient (Wildman–Crippen LogP) is 3.94. The molecule has 1 aromatic carbocycles. The first-order valence-corrected chi connectivity index (χ1v) is 6.19. The first kappa shape index (κ1) is 15.5. The van der Waals surface area contributed by atoms with Gasteiger partial charge in [-0.25, -0.2) is 0 Å². The first-order valence-electron chi connectivity index (χ1n) is 6.19. The van der Waals surface area contributed by atoms with E-state index in [1.54, 1.807) is 7.11 Å². The third-order valence-electron chi connectivity index (χ3n) is 2.24. The molecule has 1 heterocycles. The maximum Gasteiger partial charge on any atom is 0.119 e. The molecule has 0 aliphatic heterocycles. The molecular formula is C14H24N2O. The smallest absolute Gasteiger partial charge is 0.119 e. The van der Waals surface area contributed by atoms with E-state index >= 15 is 0 Å². The number of fused-ring (bicyclic) bond motifs is 1. The van der Waals surface area contributed by atoms with Crippen LogP contribution in [0.3, 0.4) is 0 Å². The van der Waals surface area contributed by atoms with Crippen LogP contribution in [0.5, 0.6) is 5.75 Å². The lowest BCUT2D eigenvalue weighted by Crippen LogP contribution is -1.89. The summed E-state index contributed by atoms with van der Waals surface area (Å²) >= 11 is 0. The zero-order chi connectivity index (χ0) is 13.4. The van der Waals surface area contributed by atoms with Gasteiger partial charge < -0.3 is 4.74 Å². The van der Waals surface area contributed by atoms with Crippen LogP contribution >= 0.6 is 0 Å². The second-order valence-electron chi connectivity index (χ2n) is 3.09. The number of ether oxygens (including phenoxy) is 1. The van der Waals surface area contributed by atoms with Gasteiger partial charge in [-0.05, 0) is 25.1 Å². The lowest BCUT2D eigenvalue weighted by atomic mass is 10.2. The molecule has 96 valence electrons. The Morgan fingerprint density at radius 2 is 1.71 bits per heavy atom. The van der Waals surface area contributed by atoms with E-state index in [4.69, 9.17) is 4.74 Å². The van der Waals surface area contributed by atoms with Gasteiger partial charge in [0, 0.05) is 12.4 Å². The van der Waals surface area contributed by atoms with Crippen molar-refractivity contribution < 1.29 is 4.74 Å². The molecule has 1 aromatic heterocycles. The molecule has 0 saturated carbocycles. The monoisotopic (exact) mass is 236 g/mol. The van der Waals surface area contributed by atoms with Crippen molar-refractivity contribution in [2.24, 2.45) is 7.05 Å². The van der Waals surface area contributed by atoms with Crippen molar-refractivity contribution >= 4 is 10.9 Å². The molecule has 0 saturated heterocycles. The average molecular weight is 236 g/mol. The van der Waals surface area contributed by atoms with E-state index in [0.29, 0.717) is 0 Å². The Morgan fingerprint density at radius 1 is 1.12 bits per heavy atom. The Bertz CT molecular complexity index is 447. The zero-order valence-corrected chi connectivity index (χ0v) is 12.0. The van der Waals surface area contributed by atoms with Crippen molar-refractivity contribution in [3.05, 3.63) is 23.9 Å². The molecule has 2 aromatic rings. The molecule has 0 bridgehead atoms. The quantitative estimate of drug-likeness (QED) is 0.749. The maximum atomic E-state index is 5.15. The Labute approximate surface area is 104 Å². The van der Waals surface area contributed by atoms with Crippen molar-refractivity contribution in [2.45, 2.75) is 34.6 Å². The molecule has 0 aliphatic rings. The van der Waals surface area contributed by atoms with Gasteiger partial charge in [0.25, 0.3) is 0 Å². The van der Waals surface area contributed by atoms with Crippen LogP contribution in [0.1, 0.15) is 33.4 Å². The SMILES string of the molecule is CC.CC.COc1ccc2c(c1)c(C)nn2C. The molecule has 0 aliphatic carbocycles. The summed E-state index contributed by atoms with van der Waals surface area (Å²) in [7, 11) is 3.62. The minimum Gasteiger partial charge on any atom is -0.497 e. The summed E-state index contributed by atoms with van der Waals surface area (Å²) in [6.07, 6.45) is 0. The largest absolute Gasteiger partial charge is 0.497 e. The van der Waals surface area contributed by atoms with Gasteiger partial charge in [0.15, 0.2) is 0 Å². The molecule has 3 nitrogen and oxygen atoms in total. The van der Waals surface area contributed by atoms with Crippen LogP contribution < -0.4 is 4.74 Å². The van der Waals surface area contributed by atoms with Crippen LogP contribution in [0.2, 0.25) is 0 Å². The van der Waals surface area contributed by atoms with Gasteiger partial charge >= 0.3 is 0 Å². The van der Waals surface area contributed by atoms with Gasteiger partial charge in [-0.2, -0.15) is 5.10 Å². The number of methoxy groups -OCH3 is 1. The minimum absolute atomic E-state index is 0.878. The van der Waals surface area contributed by atoms with Crippen LogP contribution in [0.4, 0.5) is 0 Å². The zero-order valence-electron chi connectivity index (χ0n) is 12.0. The summed E-state index contributed by atoms with van der Waals surface area (Å²) < 4.78 is 7.03. The Balaban J connectivity index is 0.000000581. The van der Waals surface area contributed by atoms with Crippen LogP contribution in [-0.2, 0) is 7.05 Å². The van der Waals surface area contributed by atoms with Crippen molar-refractivity contribution in [3.63, 3.8) is 0 Å². The Morgan fingerprint density at radius 3 is 2.24 bits per heavy atom. The summed E-state index contributed by atoms with van der Waals surface area (Å²) in [5.74, 6) is 0.878. The second kappa shape index (κ2) is 7.71. The highest BCUT2D eigenvalue weighted by atomic mass is 16.5. The van der Waals surface area contributed by atoms with E-state index in [1.807, 2.05) is 64.5 Å². The summed E-state index contributed by atoms with van der Waals surface area (Å²) in [6, 6.07) is 5.98. The summed E-state index contributed by atoms with van der Waals surface area (Å²) in [6.45, 7) is 10.0. The molecule has 0 atom stereocenters. The predicted molar refractivity (Wildman–Crippen MR) is 74.7 cm³/mol. The lowest BCUT2D eigenvalue weighted by Gasteiger charge is -1.99. The van der Waals surface area contributed by atoms with E-state index < -0.39 is 0 Å². The maximum absolute atomic E-state index is 5.15. The summed E-state index contributed by atoms with van der Waals surface area (Å²) in [5, 5.41) is 5.48. The first-order chi connectivity index (χ1) is 8.22. The number of benzene rings is 1. The van der Waals surface area contributed by atoms with Crippen LogP contribution in [-0.4, -0.2) is 16.9 Å². The van der Waals surface area contributed by atoms with Gasteiger partial charge in [0.05, 0.1) is 18.3 Å². The summed E-state index contributed by atoms with van der Waals surface area (Å²) in [4.78, 5) is 0. The summed E-state index contributed by atoms with van der Waals surface area (Å²) in [5.41, 5.74) is 2.18. The highest BCUT2D eigenvalue weighted by molar-refractivity contribution is 5.83. The highest BCUT2D eigenvalue weighted by Crippen LogP contribution is 2.22. The average Bonchev–Trinajstić information content (AvgIpc) is 2.69. The van der Waals surface area contributed by atoms with Crippen molar-refractivity contribution in [2.75, 3.05) is 7.11 Å².